The molecule has 0 spiro atoms. The van der Waals surface area contributed by atoms with Crippen LogP contribution in [0.5, 0.6) is 0 Å². The maximum absolute atomic E-state index is 11.7. The molecule has 2 rings (SSSR count). The summed E-state index contributed by atoms with van der Waals surface area (Å²) in [6.07, 6.45) is -0.623. The Hall–Kier alpha value is -1.83. The zero-order valence-electron chi connectivity index (χ0n) is 12.4. The maximum Gasteiger partial charge on any atom is 0.321 e. The van der Waals surface area contributed by atoms with Crippen molar-refractivity contribution in [1.29, 1.82) is 0 Å². The molecule has 0 radical (unpaired) electrons. The minimum absolute atomic E-state index is 0.121. The van der Waals surface area contributed by atoms with E-state index in [0.29, 0.717) is 12.3 Å². The Balaban J connectivity index is 1.62. The number of benzene rings is 1. The molecule has 2 aromatic rings. The number of rotatable bonds is 7. The van der Waals surface area contributed by atoms with E-state index >= 15 is 0 Å². The maximum atomic E-state index is 11.7. The third kappa shape index (κ3) is 6.43. The summed E-state index contributed by atoms with van der Waals surface area (Å²) in [5, 5.41) is 16.8. The lowest BCUT2D eigenvalue weighted by molar-refractivity contribution is -0.117. The first-order valence-electron chi connectivity index (χ1n) is 7.06. The smallest absolute Gasteiger partial charge is 0.321 e. The van der Waals surface area contributed by atoms with E-state index in [1.165, 1.54) is 23.1 Å². The Morgan fingerprint density at radius 3 is 2.65 bits per heavy atom. The summed E-state index contributed by atoms with van der Waals surface area (Å²) in [6.45, 7) is 0.399. The molecule has 0 saturated carbocycles. The summed E-state index contributed by atoms with van der Waals surface area (Å²) in [5.74, 6) is 0.142. The van der Waals surface area contributed by atoms with E-state index in [1.807, 2.05) is 47.8 Å². The van der Waals surface area contributed by atoms with Gasteiger partial charge in [-0.1, -0.05) is 36.4 Å². The van der Waals surface area contributed by atoms with Crippen LogP contribution in [0.2, 0.25) is 0 Å². The van der Waals surface area contributed by atoms with Crippen molar-refractivity contribution in [2.45, 2.75) is 12.6 Å². The lowest BCUT2D eigenvalue weighted by Gasteiger charge is -2.10. The van der Waals surface area contributed by atoms with Gasteiger partial charge < -0.3 is 10.4 Å². The van der Waals surface area contributed by atoms with Crippen LogP contribution in [0.3, 0.4) is 0 Å². The van der Waals surface area contributed by atoms with Crippen molar-refractivity contribution in [1.82, 2.24) is 10.6 Å². The highest BCUT2D eigenvalue weighted by Crippen LogP contribution is 2.17. The van der Waals surface area contributed by atoms with Gasteiger partial charge in [0.25, 0.3) is 0 Å². The molecule has 0 aliphatic carbocycles. The predicted octanol–water partition coefficient (Wildman–Crippen LogP) is 2.54. The zero-order valence-corrected chi connectivity index (χ0v) is 14.0. The van der Waals surface area contributed by atoms with Crippen LogP contribution in [-0.2, 0) is 11.3 Å². The number of aliphatic hydroxyl groups excluding tert-OH is 1. The van der Waals surface area contributed by atoms with Crippen molar-refractivity contribution in [2.24, 2.45) is 0 Å². The van der Waals surface area contributed by atoms with E-state index in [1.54, 1.807) is 0 Å². The highest BCUT2D eigenvalue weighted by Gasteiger charge is 2.11. The molecule has 122 valence electrons. The van der Waals surface area contributed by atoms with Gasteiger partial charge in [0.05, 0.1) is 18.4 Å². The molecule has 3 N–H and O–H groups in total. The minimum atomic E-state index is -0.623. The fraction of sp³-hybridized carbons (Fsp3) is 0.250. The molecule has 1 heterocycles. The molecule has 23 heavy (non-hydrogen) atoms. The summed E-state index contributed by atoms with van der Waals surface area (Å²) < 4.78 is 0. The second-order valence-corrected chi connectivity index (χ2v) is 6.81. The molecule has 1 aromatic heterocycles. The number of hydrogen-bond donors (Lipinski definition) is 3. The summed E-state index contributed by atoms with van der Waals surface area (Å²) in [4.78, 5) is 24.3. The number of hydrogen-bond acceptors (Lipinski definition) is 5. The molecule has 0 aliphatic rings. The van der Waals surface area contributed by atoms with Gasteiger partial charge in [-0.05, 0) is 17.0 Å². The van der Waals surface area contributed by atoms with Crippen LogP contribution in [0.15, 0.2) is 47.8 Å². The van der Waals surface area contributed by atoms with E-state index in [0.717, 1.165) is 10.4 Å². The van der Waals surface area contributed by atoms with E-state index in [-0.39, 0.29) is 11.7 Å². The fourth-order valence-electron chi connectivity index (χ4n) is 1.82. The molecular weight excluding hydrogens is 332 g/mol. The first-order chi connectivity index (χ1) is 11.1. The number of thiophene rings is 1. The van der Waals surface area contributed by atoms with Gasteiger partial charge in [-0.3, -0.25) is 10.1 Å². The van der Waals surface area contributed by atoms with Gasteiger partial charge in [-0.15, -0.1) is 23.1 Å². The van der Waals surface area contributed by atoms with Crippen LogP contribution in [-0.4, -0.2) is 28.6 Å². The van der Waals surface area contributed by atoms with Gasteiger partial charge >= 0.3 is 6.03 Å². The summed E-state index contributed by atoms with van der Waals surface area (Å²) in [6, 6.07) is 12.6. The quantitative estimate of drug-likeness (QED) is 0.717. The average molecular weight is 350 g/mol. The topological polar surface area (TPSA) is 78.4 Å². The number of thioether (sulfide) groups is 1. The van der Waals surface area contributed by atoms with Gasteiger partial charge in [-0.25, -0.2) is 4.79 Å². The number of carbonyl (C=O) groups excluding carboxylic acids is 2. The molecular formula is C16H18N2O3S2. The Labute approximate surface area is 143 Å². The Kier molecular flexibility index (Phi) is 7.12. The zero-order chi connectivity index (χ0) is 16.5. The summed E-state index contributed by atoms with van der Waals surface area (Å²) >= 11 is 2.82. The Morgan fingerprint density at radius 2 is 1.96 bits per heavy atom. The SMILES string of the molecule is O=C(CSCC(O)c1ccccc1)NC(=O)NCc1cccs1. The van der Waals surface area contributed by atoms with Crippen molar-refractivity contribution in [3.8, 4) is 0 Å². The molecule has 0 aliphatic heterocycles. The number of amides is 3. The standard InChI is InChI=1S/C16H18N2O3S2/c19-14(12-5-2-1-3-6-12)10-22-11-15(20)18-16(21)17-9-13-7-4-8-23-13/h1-8,14,19H,9-11H2,(H2,17,18,20,21). The van der Waals surface area contributed by atoms with Gasteiger partial charge in [0.15, 0.2) is 0 Å². The third-order valence-electron chi connectivity index (χ3n) is 2.95. The third-order valence-corrected chi connectivity index (χ3v) is 4.84. The van der Waals surface area contributed by atoms with Gasteiger partial charge in [0, 0.05) is 10.6 Å². The second-order valence-electron chi connectivity index (χ2n) is 4.75. The van der Waals surface area contributed by atoms with Crippen LogP contribution in [0.1, 0.15) is 16.5 Å². The molecule has 0 fully saturated rings. The van der Waals surface area contributed by atoms with Crippen molar-refractivity contribution >= 4 is 35.0 Å². The molecule has 0 bridgehead atoms. The number of carbonyl (C=O) groups is 2. The van der Waals surface area contributed by atoms with Crippen LogP contribution in [0.4, 0.5) is 4.79 Å². The lowest BCUT2D eigenvalue weighted by atomic mass is 10.1. The van der Waals surface area contributed by atoms with Crippen molar-refractivity contribution in [3.63, 3.8) is 0 Å². The van der Waals surface area contributed by atoms with E-state index in [2.05, 4.69) is 10.6 Å². The Bertz CT molecular complexity index is 618. The predicted molar refractivity (Wildman–Crippen MR) is 93.4 cm³/mol. The summed E-state index contributed by atoms with van der Waals surface area (Å²) in [5.41, 5.74) is 0.814. The largest absolute Gasteiger partial charge is 0.388 e. The first kappa shape index (κ1) is 17.5. The highest BCUT2D eigenvalue weighted by atomic mass is 32.2. The van der Waals surface area contributed by atoms with E-state index in [4.69, 9.17) is 0 Å². The molecule has 0 saturated heterocycles. The van der Waals surface area contributed by atoms with Gasteiger partial charge in [0.2, 0.25) is 5.91 Å². The van der Waals surface area contributed by atoms with Crippen molar-refractivity contribution in [2.75, 3.05) is 11.5 Å². The number of nitrogens with one attached hydrogen (secondary N) is 2. The average Bonchev–Trinajstić information content (AvgIpc) is 3.07. The number of aliphatic hydroxyl groups is 1. The molecule has 3 amide bonds. The Morgan fingerprint density at radius 1 is 1.17 bits per heavy atom. The van der Waals surface area contributed by atoms with Crippen LogP contribution >= 0.6 is 23.1 Å². The second kappa shape index (κ2) is 9.34. The van der Waals surface area contributed by atoms with Crippen molar-refractivity contribution in [3.05, 3.63) is 58.3 Å². The van der Waals surface area contributed by atoms with Crippen LogP contribution in [0.25, 0.3) is 0 Å². The molecule has 7 heteroatoms. The molecule has 1 atom stereocenters. The monoisotopic (exact) mass is 350 g/mol. The molecule has 1 unspecified atom stereocenters. The normalized spacial score (nSPS) is 11.7. The molecule has 5 nitrogen and oxygen atoms in total. The lowest BCUT2D eigenvalue weighted by Crippen LogP contribution is -2.39. The summed E-state index contributed by atoms with van der Waals surface area (Å²) in [7, 11) is 0. The number of urea groups is 1. The van der Waals surface area contributed by atoms with Crippen LogP contribution in [0, 0.1) is 0 Å². The van der Waals surface area contributed by atoms with E-state index in [9.17, 15) is 14.7 Å². The van der Waals surface area contributed by atoms with Gasteiger partial charge in [-0.2, -0.15) is 0 Å². The van der Waals surface area contributed by atoms with E-state index < -0.39 is 12.1 Å². The molecule has 1 aromatic carbocycles. The minimum Gasteiger partial charge on any atom is -0.388 e. The first-order valence-corrected chi connectivity index (χ1v) is 9.09. The van der Waals surface area contributed by atoms with Crippen LogP contribution < -0.4 is 10.6 Å². The number of imide groups is 1. The van der Waals surface area contributed by atoms with Gasteiger partial charge in [0.1, 0.15) is 0 Å². The van der Waals surface area contributed by atoms with Crippen molar-refractivity contribution < 1.29 is 14.7 Å². The highest BCUT2D eigenvalue weighted by molar-refractivity contribution is 7.99. The fourth-order valence-corrected chi connectivity index (χ4v) is 3.26.